The van der Waals surface area contributed by atoms with Gasteiger partial charge in [0.1, 0.15) is 0 Å². The molecule has 5 unspecified atom stereocenters. The summed E-state index contributed by atoms with van der Waals surface area (Å²) in [5.41, 5.74) is 0.531. The fraction of sp³-hybridized carbons (Fsp3) is 0.962. The number of aliphatic hydroxyl groups excluding tert-OH is 2. The van der Waals surface area contributed by atoms with Crippen molar-refractivity contribution in [2.75, 3.05) is 6.61 Å². The summed E-state index contributed by atoms with van der Waals surface area (Å²) in [5.74, 6) is 3.46. The molecule has 4 rings (SSSR count). The molecule has 0 aromatic carbocycles. The largest absolute Gasteiger partial charge is 0.466 e. The fourth-order valence-electron chi connectivity index (χ4n) is 9.03. The minimum atomic E-state index is -0.256. The van der Waals surface area contributed by atoms with Gasteiger partial charge in [0.2, 0.25) is 0 Å². The minimum Gasteiger partial charge on any atom is -0.466 e. The van der Waals surface area contributed by atoms with Crippen LogP contribution in [0.25, 0.3) is 0 Å². The molecule has 4 fully saturated rings. The third-order valence-electron chi connectivity index (χ3n) is 10.5. The average Bonchev–Trinajstić information content (AvgIpc) is 3.05. The van der Waals surface area contributed by atoms with E-state index >= 15 is 0 Å². The van der Waals surface area contributed by atoms with Crippen LogP contribution in [-0.4, -0.2) is 35.0 Å². The summed E-state index contributed by atoms with van der Waals surface area (Å²) < 4.78 is 5.15. The van der Waals surface area contributed by atoms with Gasteiger partial charge in [-0.3, -0.25) is 4.79 Å². The molecular weight excluding hydrogens is 376 g/mol. The van der Waals surface area contributed by atoms with E-state index < -0.39 is 0 Å². The summed E-state index contributed by atoms with van der Waals surface area (Å²) in [4.78, 5) is 11.9. The Hall–Kier alpha value is -0.610. The van der Waals surface area contributed by atoms with Crippen LogP contribution in [0.4, 0.5) is 0 Å². The highest BCUT2D eigenvalue weighted by atomic mass is 16.5. The molecule has 0 bridgehead atoms. The average molecular weight is 421 g/mol. The van der Waals surface area contributed by atoms with Crippen LogP contribution in [0, 0.1) is 46.3 Å². The van der Waals surface area contributed by atoms with Crippen LogP contribution in [0.15, 0.2) is 0 Å². The molecule has 2 N–H and O–H groups in total. The summed E-state index contributed by atoms with van der Waals surface area (Å²) in [6.07, 6.45) is 9.79. The topological polar surface area (TPSA) is 66.8 Å². The Morgan fingerprint density at radius 3 is 2.43 bits per heavy atom. The zero-order valence-electron chi connectivity index (χ0n) is 19.6. The maximum atomic E-state index is 11.9. The molecule has 0 amide bonds. The lowest BCUT2D eigenvalue weighted by atomic mass is 9.44. The standard InChI is InChI=1S/C26H44O4/c1-5-30-24(29)9-6-16(2)19-7-8-20-18-15-23(28)22-14-17(27)10-12-26(22,4)21(18)11-13-25(19,20)3/h16-23,27-28H,5-15H2,1-4H3/t16?,17-,18?,19?,20?,21?,22+,23+,25-,26-/m1/s1. The zero-order valence-corrected chi connectivity index (χ0v) is 19.6. The highest BCUT2D eigenvalue weighted by Gasteiger charge is 2.62. The SMILES string of the molecule is CCOC(=O)CCC(C)C1CCC2C3C[C@H](O)[C@@H]4C[C@H](O)CC[C@]4(C)C3CC[C@]12C. The van der Waals surface area contributed by atoms with Crippen molar-refractivity contribution >= 4 is 5.97 Å². The van der Waals surface area contributed by atoms with Crippen LogP contribution < -0.4 is 0 Å². The van der Waals surface area contributed by atoms with Gasteiger partial charge in [-0.05, 0) is 111 Å². The Bertz CT molecular complexity index is 635. The second-order valence-electron chi connectivity index (χ2n) is 11.8. The third kappa shape index (κ3) is 3.64. The van der Waals surface area contributed by atoms with Gasteiger partial charge < -0.3 is 14.9 Å². The fourth-order valence-corrected chi connectivity index (χ4v) is 9.03. The van der Waals surface area contributed by atoms with E-state index in [1.165, 1.54) is 25.7 Å². The van der Waals surface area contributed by atoms with Gasteiger partial charge in [-0.1, -0.05) is 20.8 Å². The van der Waals surface area contributed by atoms with E-state index in [1.54, 1.807) is 0 Å². The number of fused-ring (bicyclic) bond motifs is 5. The second kappa shape index (κ2) is 8.39. The molecule has 4 aliphatic carbocycles. The van der Waals surface area contributed by atoms with Gasteiger partial charge in [0.15, 0.2) is 0 Å². The first-order valence-electron chi connectivity index (χ1n) is 12.7. The molecule has 4 saturated carbocycles. The van der Waals surface area contributed by atoms with Crippen LogP contribution in [0.3, 0.4) is 0 Å². The van der Waals surface area contributed by atoms with Gasteiger partial charge in [0, 0.05) is 6.42 Å². The second-order valence-corrected chi connectivity index (χ2v) is 11.8. The molecule has 0 aromatic rings. The number of aliphatic hydroxyl groups is 2. The minimum absolute atomic E-state index is 0.0541. The molecule has 172 valence electrons. The predicted molar refractivity (Wildman–Crippen MR) is 118 cm³/mol. The number of rotatable bonds is 5. The van der Waals surface area contributed by atoms with Crippen LogP contribution in [-0.2, 0) is 9.53 Å². The van der Waals surface area contributed by atoms with Crippen molar-refractivity contribution in [1.82, 2.24) is 0 Å². The van der Waals surface area contributed by atoms with E-state index in [0.29, 0.717) is 48.0 Å². The summed E-state index contributed by atoms with van der Waals surface area (Å²) in [7, 11) is 0. The third-order valence-corrected chi connectivity index (χ3v) is 10.5. The molecule has 4 heteroatoms. The van der Waals surface area contributed by atoms with Gasteiger partial charge in [0.05, 0.1) is 18.8 Å². The molecule has 30 heavy (non-hydrogen) atoms. The molecule has 10 atom stereocenters. The molecule has 0 aliphatic heterocycles. The Morgan fingerprint density at radius 2 is 1.70 bits per heavy atom. The van der Waals surface area contributed by atoms with Crippen molar-refractivity contribution < 1.29 is 19.7 Å². The van der Waals surface area contributed by atoms with Crippen molar-refractivity contribution in [2.45, 2.75) is 104 Å². The molecule has 4 nitrogen and oxygen atoms in total. The first-order chi connectivity index (χ1) is 14.2. The van der Waals surface area contributed by atoms with Gasteiger partial charge >= 0.3 is 5.97 Å². The van der Waals surface area contributed by atoms with E-state index in [4.69, 9.17) is 4.74 Å². The molecule has 0 aromatic heterocycles. The first-order valence-corrected chi connectivity index (χ1v) is 12.7. The van der Waals surface area contributed by atoms with Crippen LogP contribution >= 0.6 is 0 Å². The number of hydrogen-bond donors (Lipinski definition) is 2. The van der Waals surface area contributed by atoms with E-state index in [1.807, 2.05) is 6.92 Å². The highest BCUT2D eigenvalue weighted by molar-refractivity contribution is 5.69. The van der Waals surface area contributed by atoms with E-state index in [9.17, 15) is 15.0 Å². The predicted octanol–water partition coefficient (Wildman–Crippen LogP) is 4.96. The van der Waals surface area contributed by atoms with Crippen LogP contribution in [0.1, 0.15) is 91.9 Å². The number of ether oxygens (including phenoxy) is 1. The van der Waals surface area contributed by atoms with Crippen molar-refractivity contribution in [1.29, 1.82) is 0 Å². The Kier molecular flexibility index (Phi) is 6.31. The number of hydrogen-bond acceptors (Lipinski definition) is 4. The van der Waals surface area contributed by atoms with Crippen molar-refractivity contribution in [3.8, 4) is 0 Å². The van der Waals surface area contributed by atoms with E-state index in [2.05, 4.69) is 20.8 Å². The summed E-state index contributed by atoms with van der Waals surface area (Å²) >= 11 is 0. The van der Waals surface area contributed by atoms with Crippen molar-refractivity contribution in [2.24, 2.45) is 46.3 Å². The van der Waals surface area contributed by atoms with Crippen molar-refractivity contribution in [3.63, 3.8) is 0 Å². The molecule has 0 saturated heterocycles. The molecule has 0 spiro atoms. The molecule has 4 aliphatic rings. The Morgan fingerprint density at radius 1 is 1.00 bits per heavy atom. The number of carbonyl (C=O) groups is 1. The molecule has 0 radical (unpaired) electrons. The lowest BCUT2D eigenvalue weighted by molar-refractivity contribution is -0.172. The van der Waals surface area contributed by atoms with Crippen LogP contribution in [0.2, 0.25) is 0 Å². The molecular formula is C26H44O4. The molecule has 0 heterocycles. The van der Waals surface area contributed by atoms with Gasteiger partial charge in [-0.15, -0.1) is 0 Å². The lowest BCUT2D eigenvalue weighted by Crippen LogP contribution is -2.58. The van der Waals surface area contributed by atoms with Crippen molar-refractivity contribution in [3.05, 3.63) is 0 Å². The zero-order chi connectivity index (χ0) is 21.7. The summed E-state index contributed by atoms with van der Waals surface area (Å²) in [6.45, 7) is 9.65. The normalized spacial score (nSPS) is 48.9. The monoisotopic (exact) mass is 420 g/mol. The van der Waals surface area contributed by atoms with E-state index in [0.717, 1.165) is 32.1 Å². The number of carbonyl (C=O) groups excluding carboxylic acids is 1. The maximum Gasteiger partial charge on any atom is 0.305 e. The first kappa shape index (κ1) is 22.6. The quantitative estimate of drug-likeness (QED) is 0.617. The van der Waals surface area contributed by atoms with E-state index in [-0.39, 0.29) is 29.5 Å². The summed E-state index contributed by atoms with van der Waals surface area (Å²) in [5, 5.41) is 21.4. The smallest absolute Gasteiger partial charge is 0.305 e. The Balaban J connectivity index is 1.48. The number of esters is 1. The highest BCUT2D eigenvalue weighted by Crippen LogP contribution is 2.68. The lowest BCUT2D eigenvalue weighted by Gasteiger charge is -2.62. The maximum absolute atomic E-state index is 11.9. The Labute approximate surface area is 183 Å². The van der Waals surface area contributed by atoms with Gasteiger partial charge in [0.25, 0.3) is 0 Å². The van der Waals surface area contributed by atoms with Gasteiger partial charge in [-0.25, -0.2) is 0 Å². The summed E-state index contributed by atoms with van der Waals surface area (Å²) in [6, 6.07) is 0. The van der Waals surface area contributed by atoms with Gasteiger partial charge in [-0.2, -0.15) is 0 Å². The van der Waals surface area contributed by atoms with Crippen LogP contribution in [0.5, 0.6) is 0 Å².